The number of para-hydroxylation sites is 2. The average Bonchev–Trinajstić information content (AvgIpc) is 2.75. The van der Waals surface area contributed by atoms with E-state index in [4.69, 9.17) is 20.8 Å². The van der Waals surface area contributed by atoms with Crippen LogP contribution in [0.15, 0.2) is 82.0 Å². The third-order valence-corrected chi connectivity index (χ3v) is 4.61. The minimum absolute atomic E-state index is 0.0228. The lowest BCUT2D eigenvalue weighted by molar-refractivity contribution is -0.118. The van der Waals surface area contributed by atoms with E-state index in [1.165, 1.54) is 18.2 Å². The molecule has 0 saturated carbocycles. The molecule has 0 radical (unpaired) electrons. The van der Waals surface area contributed by atoms with Gasteiger partial charge in [-0.25, -0.2) is 4.39 Å². The van der Waals surface area contributed by atoms with Crippen LogP contribution in [0.2, 0.25) is 5.02 Å². The number of amides is 1. The molecule has 0 aliphatic heterocycles. The van der Waals surface area contributed by atoms with Gasteiger partial charge in [0.05, 0.1) is 11.1 Å². The van der Waals surface area contributed by atoms with Gasteiger partial charge in [0, 0.05) is 10.6 Å². The van der Waals surface area contributed by atoms with Crippen LogP contribution in [0.4, 0.5) is 10.1 Å². The summed E-state index contributed by atoms with van der Waals surface area (Å²) < 4.78 is 25.2. The molecule has 1 amide bonds. The topological polar surface area (TPSA) is 68.5 Å². The van der Waals surface area contributed by atoms with Crippen molar-refractivity contribution in [1.82, 2.24) is 0 Å². The Balaban J connectivity index is 1.68. The Bertz CT molecular complexity index is 1280. The molecule has 4 rings (SSSR count). The maximum absolute atomic E-state index is 13.7. The van der Waals surface area contributed by atoms with Crippen molar-refractivity contribution < 1.29 is 18.3 Å². The van der Waals surface area contributed by atoms with Crippen molar-refractivity contribution in [2.24, 2.45) is 0 Å². The number of carbonyl (C=O) groups excluding carboxylic acids is 1. The van der Waals surface area contributed by atoms with E-state index in [0.717, 1.165) is 0 Å². The summed E-state index contributed by atoms with van der Waals surface area (Å²) in [4.78, 5) is 25.3. The minimum atomic E-state index is -0.616. The summed E-state index contributed by atoms with van der Waals surface area (Å²) in [5.41, 5.74) is 0.553. The molecule has 30 heavy (non-hydrogen) atoms. The lowest BCUT2D eigenvalue weighted by Gasteiger charge is -2.12. The zero-order valence-electron chi connectivity index (χ0n) is 15.5. The molecule has 0 saturated heterocycles. The zero-order valence-corrected chi connectivity index (χ0v) is 16.3. The Labute approximate surface area is 175 Å². The SMILES string of the molecule is O=C(COc1c(-c2ccc(Cl)cc2)oc2ccccc2c1=O)Nc1ccccc1F. The van der Waals surface area contributed by atoms with Crippen LogP contribution in [-0.4, -0.2) is 12.5 Å². The molecule has 0 fully saturated rings. The van der Waals surface area contributed by atoms with Crippen molar-refractivity contribution in [3.05, 3.63) is 93.9 Å². The van der Waals surface area contributed by atoms with Crippen LogP contribution in [-0.2, 0) is 4.79 Å². The first kappa shape index (κ1) is 19.7. The normalized spacial score (nSPS) is 10.7. The quantitative estimate of drug-likeness (QED) is 0.474. The highest BCUT2D eigenvalue weighted by Gasteiger charge is 2.19. The molecule has 0 aliphatic carbocycles. The van der Waals surface area contributed by atoms with E-state index in [1.54, 1.807) is 54.6 Å². The van der Waals surface area contributed by atoms with E-state index in [0.29, 0.717) is 21.6 Å². The van der Waals surface area contributed by atoms with Crippen LogP contribution in [0.5, 0.6) is 5.75 Å². The second kappa shape index (κ2) is 8.39. The smallest absolute Gasteiger partial charge is 0.262 e. The first-order chi connectivity index (χ1) is 14.5. The average molecular weight is 424 g/mol. The van der Waals surface area contributed by atoms with Crippen LogP contribution in [0, 0.1) is 5.82 Å². The van der Waals surface area contributed by atoms with Crippen molar-refractivity contribution in [1.29, 1.82) is 0 Å². The van der Waals surface area contributed by atoms with Gasteiger partial charge in [0.2, 0.25) is 11.2 Å². The molecular weight excluding hydrogens is 409 g/mol. The zero-order chi connectivity index (χ0) is 21.1. The van der Waals surface area contributed by atoms with Gasteiger partial charge >= 0.3 is 0 Å². The molecule has 3 aromatic carbocycles. The largest absolute Gasteiger partial charge is 0.476 e. The molecule has 1 N–H and O–H groups in total. The fourth-order valence-corrected chi connectivity index (χ4v) is 3.06. The van der Waals surface area contributed by atoms with Gasteiger partial charge in [0.25, 0.3) is 5.91 Å². The number of anilines is 1. The van der Waals surface area contributed by atoms with Gasteiger partial charge in [-0.15, -0.1) is 0 Å². The highest BCUT2D eigenvalue weighted by Crippen LogP contribution is 2.31. The molecule has 150 valence electrons. The monoisotopic (exact) mass is 423 g/mol. The number of ether oxygens (including phenoxy) is 1. The number of hydrogen-bond donors (Lipinski definition) is 1. The summed E-state index contributed by atoms with van der Waals surface area (Å²) in [6, 6.07) is 19.2. The molecule has 0 bridgehead atoms. The van der Waals surface area contributed by atoms with Crippen LogP contribution < -0.4 is 15.5 Å². The number of fused-ring (bicyclic) bond motifs is 1. The molecule has 0 aliphatic rings. The predicted octanol–water partition coefficient (Wildman–Crippen LogP) is 5.27. The number of hydrogen-bond acceptors (Lipinski definition) is 4. The van der Waals surface area contributed by atoms with Crippen molar-refractivity contribution in [2.45, 2.75) is 0 Å². The highest BCUT2D eigenvalue weighted by atomic mass is 35.5. The highest BCUT2D eigenvalue weighted by molar-refractivity contribution is 6.30. The van der Waals surface area contributed by atoms with Crippen LogP contribution in [0.1, 0.15) is 0 Å². The molecule has 0 unspecified atom stereocenters. The van der Waals surface area contributed by atoms with Gasteiger partial charge in [0.1, 0.15) is 11.4 Å². The second-order valence-corrected chi connectivity index (χ2v) is 6.85. The maximum Gasteiger partial charge on any atom is 0.262 e. The van der Waals surface area contributed by atoms with Gasteiger partial charge in [-0.05, 0) is 48.5 Å². The standard InChI is InChI=1S/C23H15ClFNO4/c24-15-11-9-14(10-12-15)22-23(21(28)16-5-1-4-8-19(16)30-22)29-13-20(27)26-18-7-3-2-6-17(18)25/h1-12H,13H2,(H,26,27). The molecule has 0 atom stereocenters. The van der Waals surface area contributed by atoms with E-state index >= 15 is 0 Å². The van der Waals surface area contributed by atoms with Gasteiger partial charge in [-0.1, -0.05) is 35.9 Å². The molecular formula is C23H15ClFNO4. The molecule has 1 aromatic heterocycles. The Hall–Kier alpha value is -3.64. The van der Waals surface area contributed by atoms with Crippen molar-refractivity contribution in [3.8, 4) is 17.1 Å². The number of benzene rings is 3. The summed E-state index contributed by atoms with van der Waals surface area (Å²) >= 11 is 5.95. The van der Waals surface area contributed by atoms with E-state index in [2.05, 4.69) is 5.32 Å². The van der Waals surface area contributed by atoms with Crippen LogP contribution in [0.3, 0.4) is 0 Å². The van der Waals surface area contributed by atoms with Gasteiger partial charge in [-0.3, -0.25) is 9.59 Å². The van der Waals surface area contributed by atoms with Crippen molar-refractivity contribution >= 4 is 34.2 Å². The summed E-state index contributed by atoms with van der Waals surface area (Å²) in [7, 11) is 0. The molecule has 7 heteroatoms. The summed E-state index contributed by atoms with van der Waals surface area (Å²) in [6.45, 7) is -0.502. The molecule has 0 spiro atoms. The second-order valence-electron chi connectivity index (χ2n) is 6.41. The fourth-order valence-electron chi connectivity index (χ4n) is 2.93. The minimum Gasteiger partial charge on any atom is -0.476 e. The lowest BCUT2D eigenvalue weighted by atomic mass is 10.1. The van der Waals surface area contributed by atoms with E-state index < -0.39 is 23.8 Å². The Kier molecular flexibility index (Phi) is 5.50. The summed E-state index contributed by atoms with van der Waals surface area (Å²) in [5, 5.41) is 3.26. The third kappa shape index (κ3) is 4.04. The molecule has 4 aromatic rings. The van der Waals surface area contributed by atoms with Crippen LogP contribution >= 0.6 is 11.6 Å². The van der Waals surface area contributed by atoms with Gasteiger partial charge in [0.15, 0.2) is 12.4 Å². The first-order valence-electron chi connectivity index (χ1n) is 9.02. The number of rotatable bonds is 5. The van der Waals surface area contributed by atoms with Crippen molar-refractivity contribution in [3.63, 3.8) is 0 Å². The number of nitrogens with one attached hydrogen (secondary N) is 1. The number of halogens is 2. The Morgan fingerprint density at radius 3 is 2.47 bits per heavy atom. The van der Waals surface area contributed by atoms with E-state index in [9.17, 15) is 14.0 Å². The summed E-state index contributed by atoms with van der Waals surface area (Å²) in [5.74, 6) is -1.12. The number of carbonyl (C=O) groups is 1. The summed E-state index contributed by atoms with van der Waals surface area (Å²) in [6.07, 6.45) is 0. The van der Waals surface area contributed by atoms with Crippen LogP contribution in [0.25, 0.3) is 22.3 Å². The van der Waals surface area contributed by atoms with Crippen molar-refractivity contribution in [2.75, 3.05) is 11.9 Å². The Morgan fingerprint density at radius 1 is 1.00 bits per heavy atom. The fraction of sp³-hybridized carbons (Fsp3) is 0.0435. The Morgan fingerprint density at radius 2 is 1.70 bits per heavy atom. The maximum atomic E-state index is 13.7. The molecule has 5 nitrogen and oxygen atoms in total. The predicted molar refractivity (Wildman–Crippen MR) is 113 cm³/mol. The third-order valence-electron chi connectivity index (χ3n) is 4.36. The van der Waals surface area contributed by atoms with Gasteiger partial charge < -0.3 is 14.5 Å². The first-order valence-corrected chi connectivity index (χ1v) is 9.39. The van der Waals surface area contributed by atoms with E-state index in [-0.39, 0.29) is 17.2 Å². The van der Waals surface area contributed by atoms with E-state index in [1.807, 2.05) is 0 Å². The molecule has 1 heterocycles. The van der Waals surface area contributed by atoms with Gasteiger partial charge in [-0.2, -0.15) is 0 Å². The lowest BCUT2D eigenvalue weighted by Crippen LogP contribution is -2.23.